The zero-order valence-electron chi connectivity index (χ0n) is 18.2. The number of aromatic nitrogens is 1. The molecule has 2 N–H and O–H groups in total. The molecular formula is C25H38N2O2. The van der Waals surface area contributed by atoms with E-state index in [4.69, 9.17) is 4.74 Å². The summed E-state index contributed by atoms with van der Waals surface area (Å²) >= 11 is 0. The minimum Gasteiger partial charge on any atom is -0.381 e. The van der Waals surface area contributed by atoms with E-state index in [1.807, 2.05) is 18.3 Å². The van der Waals surface area contributed by atoms with Crippen molar-refractivity contribution in [3.05, 3.63) is 48.2 Å². The number of aromatic amines is 1. The van der Waals surface area contributed by atoms with Crippen LogP contribution >= 0.6 is 0 Å². The summed E-state index contributed by atoms with van der Waals surface area (Å²) in [6.07, 6.45) is 17.3. The molecule has 0 saturated carbocycles. The number of nitrogens with one attached hydrogen (secondary N) is 2. The van der Waals surface area contributed by atoms with Crippen LogP contribution in [0, 0.1) is 0 Å². The third kappa shape index (κ3) is 8.86. The lowest BCUT2D eigenvalue weighted by Crippen LogP contribution is -2.25. The summed E-state index contributed by atoms with van der Waals surface area (Å²) in [5.41, 5.74) is 2.40. The number of methoxy groups -OCH3 is 1. The van der Waals surface area contributed by atoms with Gasteiger partial charge in [0.2, 0.25) is 5.91 Å². The summed E-state index contributed by atoms with van der Waals surface area (Å²) in [5, 5.41) is 4.27. The van der Waals surface area contributed by atoms with Crippen molar-refractivity contribution in [1.29, 1.82) is 0 Å². The maximum atomic E-state index is 12.0. The molecule has 4 nitrogen and oxygen atoms in total. The lowest BCUT2D eigenvalue weighted by molar-refractivity contribution is -0.120. The van der Waals surface area contributed by atoms with E-state index in [1.54, 1.807) is 7.11 Å². The topological polar surface area (TPSA) is 54.1 Å². The molecule has 160 valence electrons. The van der Waals surface area contributed by atoms with Gasteiger partial charge >= 0.3 is 0 Å². The molecule has 1 atom stereocenters. The van der Waals surface area contributed by atoms with Crippen molar-refractivity contribution >= 4 is 16.8 Å². The van der Waals surface area contributed by atoms with Gasteiger partial charge in [-0.2, -0.15) is 0 Å². The Morgan fingerprint density at radius 3 is 2.83 bits per heavy atom. The normalized spacial score (nSPS) is 12.6. The maximum absolute atomic E-state index is 12.0. The highest BCUT2D eigenvalue weighted by molar-refractivity contribution is 5.83. The van der Waals surface area contributed by atoms with Crippen LogP contribution in [0.4, 0.5) is 0 Å². The second-order valence-corrected chi connectivity index (χ2v) is 7.77. The molecule has 0 unspecified atom stereocenters. The van der Waals surface area contributed by atoms with E-state index < -0.39 is 0 Å². The predicted octanol–water partition coefficient (Wildman–Crippen LogP) is 5.93. The number of unbranched alkanes of at least 4 members (excludes halogenated alkanes) is 4. The molecule has 2 aromatic rings. The number of para-hydroxylation sites is 1. The van der Waals surface area contributed by atoms with Crippen LogP contribution < -0.4 is 5.32 Å². The van der Waals surface area contributed by atoms with Gasteiger partial charge in [-0.25, -0.2) is 0 Å². The van der Waals surface area contributed by atoms with Crippen LogP contribution in [-0.2, 0) is 16.0 Å². The quantitative estimate of drug-likeness (QED) is 0.289. The third-order valence-corrected chi connectivity index (χ3v) is 5.46. The molecule has 0 spiro atoms. The van der Waals surface area contributed by atoms with Gasteiger partial charge in [-0.1, -0.05) is 69.4 Å². The van der Waals surface area contributed by atoms with Crippen molar-refractivity contribution in [3.63, 3.8) is 0 Å². The second-order valence-electron chi connectivity index (χ2n) is 7.77. The molecule has 1 amide bonds. The first-order valence-electron chi connectivity index (χ1n) is 11.2. The monoisotopic (exact) mass is 398 g/mol. The number of benzene rings is 1. The number of H-pyrrole nitrogens is 1. The largest absolute Gasteiger partial charge is 0.381 e. The van der Waals surface area contributed by atoms with Gasteiger partial charge in [-0.05, 0) is 37.3 Å². The van der Waals surface area contributed by atoms with Crippen molar-refractivity contribution in [2.45, 2.75) is 77.2 Å². The molecule has 4 heteroatoms. The Labute approximate surface area is 176 Å². The van der Waals surface area contributed by atoms with Gasteiger partial charge in [-0.3, -0.25) is 4.79 Å². The molecule has 29 heavy (non-hydrogen) atoms. The van der Waals surface area contributed by atoms with E-state index in [0.29, 0.717) is 19.1 Å². The fourth-order valence-corrected chi connectivity index (χ4v) is 3.65. The van der Waals surface area contributed by atoms with Gasteiger partial charge in [-0.15, -0.1) is 0 Å². The molecule has 0 bridgehead atoms. The Morgan fingerprint density at radius 1 is 1.17 bits per heavy atom. The molecular weight excluding hydrogens is 360 g/mol. The molecule has 0 aliphatic heterocycles. The zero-order chi connectivity index (χ0) is 20.7. The van der Waals surface area contributed by atoms with Crippen LogP contribution in [-0.4, -0.2) is 30.6 Å². The first-order chi connectivity index (χ1) is 14.2. The van der Waals surface area contributed by atoms with Crippen molar-refractivity contribution in [2.24, 2.45) is 0 Å². The van der Waals surface area contributed by atoms with Crippen molar-refractivity contribution in [3.8, 4) is 0 Å². The van der Waals surface area contributed by atoms with Gasteiger partial charge in [0.15, 0.2) is 0 Å². The van der Waals surface area contributed by atoms with Crippen LogP contribution in [0.15, 0.2) is 42.6 Å². The minimum atomic E-state index is 0.119. The van der Waals surface area contributed by atoms with Gasteiger partial charge < -0.3 is 15.0 Å². The van der Waals surface area contributed by atoms with Crippen LogP contribution in [0.5, 0.6) is 0 Å². The Balaban J connectivity index is 1.55. The number of carbonyl (C=O) groups excluding carboxylic acids is 1. The molecule has 1 aromatic carbocycles. The standard InChI is InChI=1S/C25H38N2O2/c1-3-4-5-6-8-13-22(29-2)14-9-7-10-17-25(28)26-19-18-21-20-27-24-16-12-11-15-23(21)24/h7,9,11-12,15-16,20,22,27H,3-6,8,10,13-14,17-19H2,1-2H3,(H,26,28)/t22-/m1/s1. The number of hydrogen-bond acceptors (Lipinski definition) is 2. The summed E-state index contributed by atoms with van der Waals surface area (Å²) in [5.74, 6) is 0.119. The van der Waals surface area contributed by atoms with Crippen molar-refractivity contribution < 1.29 is 9.53 Å². The predicted molar refractivity (Wildman–Crippen MR) is 122 cm³/mol. The number of ether oxygens (including phenoxy) is 1. The second kappa shape index (κ2) is 14.0. The van der Waals surface area contributed by atoms with Crippen LogP contribution in [0.2, 0.25) is 0 Å². The van der Waals surface area contributed by atoms with E-state index in [0.717, 1.165) is 31.2 Å². The zero-order valence-corrected chi connectivity index (χ0v) is 18.2. The third-order valence-electron chi connectivity index (χ3n) is 5.46. The number of hydrogen-bond donors (Lipinski definition) is 2. The summed E-state index contributed by atoms with van der Waals surface area (Å²) in [4.78, 5) is 15.3. The summed E-state index contributed by atoms with van der Waals surface area (Å²) in [6.45, 7) is 2.92. The van der Waals surface area contributed by atoms with E-state index >= 15 is 0 Å². The van der Waals surface area contributed by atoms with Crippen LogP contribution in [0.25, 0.3) is 10.9 Å². The van der Waals surface area contributed by atoms with E-state index in [1.165, 1.54) is 43.1 Å². The highest BCUT2D eigenvalue weighted by Crippen LogP contribution is 2.17. The smallest absolute Gasteiger partial charge is 0.220 e. The summed E-state index contributed by atoms with van der Waals surface area (Å²) < 4.78 is 5.57. The molecule has 2 rings (SSSR count). The number of fused-ring (bicyclic) bond motifs is 1. The first-order valence-corrected chi connectivity index (χ1v) is 11.2. The highest BCUT2D eigenvalue weighted by Gasteiger charge is 2.06. The number of rotatable bonds is 15. The van der Waals surface area contributed by atoms with Crippen LogP contribution in [0.1, 0.15) is 70.3 Å². The molecule has 0 saturated heterocycles. The van der Waals surface area contributed by atoms with Gasteiger partial charge in [0.1, 0.15) is 0 Å². The Morgan fingerprint density at radius 2 is 2.00 bits per heavy atom. The maximum Gasteiger partial charge on any atom is 0.220 e. The highest BCUT2D eigenvalue weighted by atomic mass is 16.5. The van der Waals surface area contributed by atoms with E-state index in [2.05, 4.69) is 41.5 Å². The SMILES string of the molecule is CCCCCCC[C@H](CC=CCCC(=O)NCCc1c[nH]c2ccccc12)OC. The molecule has 1 aromatic heterocycles. The average molecular weight is 399 g/mol. The van der Waals surface area contributed by atoms with Gasteiger partial charge in [0, 0.05) is 37.2 Å². The number of carbonyl (C=O) groups is 1. The van der Waals surface area contributed by atoms with Gasteiger partial charge in [0.05, 0.1) is 6.10 Å². The van der Waals surface area contributed by atoms with Crippen molar-refractivity contribution in [1.82, 2.24) is 10.3 Å². The first kappa shape index (κ1) is 23.2. The lowest BCUT2D eigenvalue weighted by atomic mass is 10.1. The number of amides is 1. The Bertz CT molecular complexity index is 735. The number of allylic oxidation sites excluding steroid dienone is 1. The minimum absolute atomic E-state index is 0.119. The Kier molecular flexibility index (Phi) is 11.2. The van der Waals surface area contributed by atoms with E-state index in [-0.39, 0.29) is 5.91 Å². The fourth-order valence-electron chi connectivity index (χ4n) is 3.65. The van der Waals surface area contributed by atoms with Crippen molar-refractivity contribution in [2.75, 3.05) is 13.7 Å². The summed E-state index contributed by atoms with van der Waals surface area (Å²) in [6, 6.07) is 8.27. The molecule has 0 fully saturated rings. The molecule has 1 heterocycles. The average Bonchev–Trinajstić information content (AvgIpc) is 3.15. The molecule has 0 aliphatic carbocycles. The van der Waals surface area contributed by atoms with E-state index in [9.17, 15) is 4.79 Å². The summed E-state index contributed by atoms with van der Waals surface area (Å²) in [7, 11) is 1.80. The van der Waals surface area contributed by atoms with Crippen LogP contribution in [0.3, 0.4) is 0 Å². The fraction of sp³-hybridized carbons (Fsp3) is 0.560. The molecule has 0 radical (unpaired) electrons. The molecule has 0 aliphatic rings. The Hall–Kier alpha value is -2.07. The lowest BCUT2D eigenvalue weighted by Gasteiger charge is -2.12. The van der Waals surface area contributed by atoms with Gasteiger partial charge in [0.25, 0.3) is 0 Å².